The van der Waals surface area contributed by atoms with Crippen molar-refractivity contribution < 1.29 is 9.07 Å². The van der Waals surface area contributed by atoms with E-state index < -0.39 is 0 Å². The first-order valence-electron chi connectivity index (χ1n) is 8.99. The van der Waals surface area contributed by atoms with Gasteiger partial charge in [0, 0.05) is 35.3 Å². The second-order valence-corrected chi connectivity index (χ2v) is 6.93. The fourth-order valence-electron chi connectivity index (χ4n) is 4.58. The summed E-state index contributed by atoms with van der Waals surface area (Å²) in [5.74, 6) is -0.171. The molecule has 4 heteroatoms. The number of anilines is 1. The molecule has 0 atom stereocenters. The molecule has 0 N–H and O–H groups in total. The highest BCUT2D eigenvalue weighted by Gasteiger charge is 2.28. The Hall–Kier alpha value is -2.23. The quantitative estimate of drug-likeness (QED) is 0.504. The summed E-state index contributed by atoms with van der Waals surface area (Å²) in [6.07, 6.45) is 4.59. The first kappa shape index (κ1) is 14.1. The molecule has 2 aliphatic heterocycles. The van der Waals surface area contributed by atoms with Crippen molar-refractivity contribution in [3.63, 3.8) is 0 Å². The molecule has 0 saturated heterocycles. The van der Waals surface area contributed by atoms with Crippen LogP contribution in [0, 0.1) is 5.82 Å². The number of nitrogens with zero attached hydrogens (tertiary/aromatic N) is 3. The van der Waals surface area contributed by atoms with E-state index in [-0.39, 0.29) is 5.82 Å². The molecule has 0 unspecified atom stereocenters. The van der Waals surface area contributed by atoms with Gasteiger partial charge in [-0.3, -0.25) is 0 Å². The van der Waals surface area contributed by atoms with Crippen molar-refractivity contribution in [1.82, 2.24) is 5.10 Å². The maximum atomic E-state index is 14.0. The van der Waals surface area contributed by atoms with E-state index in [4.69, 9.17) is 5.10 Å². The van der Waals surface area contributed by atoms with Crippen LogP contribution in [0.4, 0.5) is 10.1 Å². The minimum Gasteiger partial charge on any atom is -0.371 e. The first-order chi connectivity index (χ1) is 11.8. The molecule has 0 bridgehead atoms. The van der Waals surface area contributed by atoms with E-state index in [1.54, 1.807) is 6.07 Å². The smallest absolute Gasteiger partial charge is 0.240 e. The lowest BCUT2D eigenvalue weighted by Crippen LogP contribution is -2.38. The van der Waals surface area contributed by atoms with Gasteiger partial charge >= 0.3 is 0 Å². The van der Waals surface area contributed by atoms with Crippen LogP contribution in [0.25, 0.3) is 21.8 Å². The van der Waals surface area contributed by atoms with Crippen molar-refractivity contribution in [2.75, 3.05) is 18.0 Å². The second-order valence-electron chi connectivity index (χ2n) is 6.93. The number of aromatic nitrogens is 2. The molecule has 1 aromatic heterocycles. The number of hydrogen-bond acceptors (Lipinski definition) is 2. The van der Waals surface area contributed by atoms with E-state index >= 15 is 0 Å². The molecule has 24 heavy (non-hydrogen) atoms. The molecule has 122 valence electrons. The number of aryl methyl sites for hydroxylation is 3. The zero-order chi connectivity index (χ0) is 16.3. The van der Waals surface area contributed by atoms with Gasteiger partial charge in [-0.05, 0) is 61.9 Å². The van der Waals surface area contributed by atoms with Gasteiger partial charge in [0.15, 0.2) is 6.54 Å². The third kappa shape index (κ3) is 1.89. The Bertz CT molecular complexity index is 978. The van der Waals surface area contributed by atoms with Crippen molar-refractivity contribution in [2.45, 2.75) is 39.2 Å². The van der Waals surface area contributed by atoms with Gasteiger partial charge in [0.25, 0.3) is 0 Å². The van der Waals surface area contributed by atoms with Crippen molar-refractivity contribution in [3.8, 4) is 0 Å². The van der Waals surface area contributed by atoms with Crippen molar-refractivity contribution in [2.24, 2.45) is 0 Å². The Kier molecular flexibility index (Phi) is 3.02. The Balaban J connectivity index is 1.98. The van der Waals surface area contributed by atoms with Gasteiger partial charge in [-0.25, -0.2) is 4.39 Å². The molecule has 0 saturated carbocycles. The third-order valence-electron chi connectivity index (χ3n) is 5.54. The molecular weight excluding hydrogens is 301 g/mol. The summed E-state index contributed by atoms with van der Waals surface area (Å²) in [4.78, 5) is 2.53. The maximum absolute atomic E-state index is 14.0. The molecule has 3 nitrogen and oxygen atoms in total. The van der Waals surface area contributed by atoms with Gasteiger partial charge in [0.05, 0.1) is 5.39 Å². The average molecular weight is 322 g/mol. The lowest BCUT2D eigenvalue weighted by molar-refractivity contribution is -0.724. The van der Waals surface area contributed by atoms with Crippen LogP contribution in [0.1, 0.15) is 30.9 Å². The summed E-state index contributed by atoms with van der Waals surface area (Å²) in [5, 5.41) is 7.07. The summed E-state index contributed by atoms with van der Waals surface area (Å²) in [5.41, 5.74) is 6.28. The monoisotopic (exact) mass is 322 g/mol. The molecule has 0 spiro atoms. The van der Waals surface area contributed by atoms with E-state index in [1.807, 2.05) is 10.7 Å². The van der Waals surface area contributed by atoms with Crippen LogP contribution in [0.15, 0.2) is 24.3 Å². The minimum absolute atomic E-state index is 0.171. The van der Waals surface area contributed by atoms with Crippen molar-refractivity contribution in [1.29, 1.82) is 0 Å². The van der Waals surface area contributed by atoms with Crippen LogP contribution >= 0.6 is 0 Å². The van der Waals surface area contributed by atoms with E-state index in [0.29, 0.717) is 0 Å². The minimum atomic E-state index is -0.171. The largest absolute Gasteiger partial charge is 0.371 e. The van der Waals surface area contributed by atoms with Gasteiger partial charge in [-0.1, -0.05) is 4.68 Å². The lowest BCUT2D eigenvalue weighted by atomic mass is 9.88. The van der Waals surface area contributed by atoms with Crippen LogP contribution < -0.4 is 9.58 Å². The van der Waals surface area contributed by atoms with Crippen LogP contribution in [0.2, 0.25) is 0 Å². The second kappa shape index (κ2) is 5.13. The summed E-state index contributed by atoms with van der Waals surface area (Å²) < 4.78 is 16.0. The maximum Gasteiger partial charge on any atom is 0.240 e. The number of fused-ring (bicyclic) bond motifs is 4. The summed E-state index contributed by atoms with van der Waals surface area (Å²) >= 11 is 0. The standard InChI is InChI=1S/C20H21FN3/c1-2-24-18-8-7-14(21)12-16(18)19-15-6-4-10-23-9-3-5-13(20(15)23)11-17(19)22-24/h7-8,11-12H,2-6,9-10H2,1H3/q+1. The first-order valence-corrected chi connectivity index (χ1v) is 8.99. The highest BCUT2D eigenvalue weighted by molar-refractivity contribution is 6.07. The average Bonchev–Trinajstić information content (AvgIpc) is 2.61. The molecule has 3 heterocycles. The molecule has 0 radical (unpaired) electrons. The highest BCUT2D eigenvalue weighted by Crippen LogP contribution is 2.41. The summed E-state index contributed by atoms with van der Waals surface area (Å²) in [6.45, 7) is 5.17. The number of benzene rings is 2. The molecule has 0 fully saturated rings. The van der Waals surface area contributed by atoms with Crippen molar-refractivity contribution in [3.05, 3.63) is 41.2 Å². The van der Waals surface area contributed by atoms with E-state index in [2.05, 4.69) is 17.9 Å². The number of halogens is 1. The molecule has 3 aromatic rings. The van der Waals surface area contributed by atoms with Gasteiger partial charge in [0.2, 0.25) is 5.52 Å². The molecule has 2 aromatic carbocycles. The van der Waals surface area contributed by atoms with Crippen LogP contribution in [-0.4, -0.2) is 18.2 Å². The normalized spacial score (nSPS) is 16.7. The molecule has 2 aliphatic rings. The van der Waals surface area contributed by atoms with Crippen molar-refractivity contribution >= 4 is 27.5 Å². The fraction of sp³-hybridized carbons (Fsp3) is 0.400. The zero-order valence-corrected chi connectivity index (χ0v) is 14.0. The van der Waals surface area contributed by atoms with Gasteiger partial charge in [0.1, 0.15) is 11.3 Å². The highest BCUT2D eigenvalue weighted by atomic mass is 19.1. The van der Waals surface area contributed by atoms with Gasteiger partial charge in [-0.15, -0.1) is 0 Å². The predicted octanol–water partition coefficient (Wildman–Crippen LogP) is 3.53. The van der Waals surface area contributed by atoms with E-state index in [0.717, 1.165) is 48.9 Å². The van der Waals surface area contributed by atoms with Gasteiger partial charge in [-0.2, -0.15) is 0 Å². The third-order valence-corrected chi connectivity index (χ3v) is 5.54. The molecular formula is C20H21FN3+. The predicted molar refractivity (Wildman–Crippen MR) is 93.9 cm³/mol. The summed E-state index contributed by atoms with van der Waals surface area (Å²) in [7, 11) is 0. The fourth-order valence-corrected chi connectivity index (χ4v) is 4.58. The zero-order valence-electron chi connectivity index (χ0n) is 14.0. The Morgan fingerprint density at radius 2 is 2.00 bits per heavy atom. The Labute approximate surface area is 140 Å². The van der Waals surface area contributed by atoms with Crippen LogP contribution in [-0.2, 0) is 19.4 Å². The van der Waals surface area contributed by atoms with E-state index in [1.165, 1.54) is 41.1 Å². The molecule has 0 amide bonds. The van der Waals surface area contributed by atoms with Gasteiger partial charge < -0.3 is 4.90 Å². The summed E-state index contributed by atoms with van der Waals surface area (Å²) in [6, 6.07) is 7.35. The van der Waals surface area contributed by atoms with Crippen LogP contribution in [0.5, 0.6) is 0 Å². The molecule has 0 aliphatic carbocycles. The topological polar surface area (TPSA) is 20.0 Å². The number of hydrogen-bond donors (Lipinski definition) is 0. The number of rotatable bonds is 1. The Morgan fingerprint density at radius 3 is 2.83 bits per heavy atom. The Morgan fingerprint density at radius 1 is 1.17 bits per heavy atom. The SMILES string of the molecule is CC[n+]1nc2cc3c4c(c2c2cc(F)ccc21)CCCN4CCC3. The lowest BCUT2D eigenvalue weighted by Gasteiger charge is -2.37. The van der Waals surface area contributed by atoms with E-state index in [9.17, 15) is 4.39 Å². The molecule has 5 rings (SSSR count). The van der Waals surface area contributed by atoms with Crippen LogP contribution in [0.3, 0.4) is 0 Å².